The van der Waals surface area contributed by atoms with Crippen LogP contribution in [0.3, 0.4) is 0 Å². The summed E-state index contributed by atoms with van der Waals surface area (Å²) >= 11 is 0. The van der Waals surface area contributed by atoms with Crippen molar-refractivity contribution in [2.24, 2.45) is 11.7 Å². The molecule has 11 nitrogen and oxygen atoms in total. The van der Waals surface area contributed by atoms with Crippen molar-refractivity contribution in [2.45, 2.75) is 38.5 Å². The highest BCUT2D eigenvalue weighted by Gasteiger charge is 2.39. The molecule has 0 spiro atoms. The zero-order valence-corrected chi connectivity index (χ0v) is 20.6. The molecule has 2 aromatic rings. The van der Waals surface area contributed by atoms with Crippen LogP contribution in [-0.2, 0) is 28.7 Å². The summed E-state index contributed by atoms with van der Waals surface area (Å²) in [6, 6.07) is 13.5. The molecule has 0 bridgehead atoms. The van der Waals surface area contributed by atoms with Crippen molar-refractivity contribution in [3.8, 4) is 0 Å². The molecule has 11 heteroatoms. The number of hydrogen-bond acceptors (Lipinski definition) is 8. The Balaban J connectivity index is 2.32. The summed E-state index contributed by atoms with van der Waals surface area (Å²) in [4.78, 5) is 62.7. The number of nitrogens with two attached hydrogens (primary N) is 1. The number of esters is 2. The second-order valence-corrected chi connectivity index (χ2v) is 7.93. The van der Waals surface area contributed by atoms with Crippen LogP contribution in [0.1, 0.15) is 42.2 Å². The maximum atomic E-state index is 13.1. The monoisotopic (exact) mass is 513 g/mol. The third kappa shape index (κ3) is 8.43. The van der Waals surface area contributed by atoms with Gasteiger partial charge in [-0.05, 0) is 31.5 Å². The second kappa shape index (κ2) is 14.3. The molecule has 0 radical (unpaired) electrons. The topological polar surface area (TPSA) is 174 Å². The van der Waals surface area contributed by atoms with Gasteiger partial charge in [0.15, 0.2) is 6.10 Å². The summed E-state index contributed by atoms with van der Waals surface area (Å²) in [5, 5.41) is 15.8. The van der Waals surface area contributed by atoms with E-state index in [1.54, 1.807) is 67.6 Å². The maximum Gasteiger partial charge on any atom is 0.312 e. The summed E-state index contributed by atoms with van der Waals surface area (Å²) in [6.07, 6.45) is -2.49. The summed E-state index contributed by atoms with van der Waals surface area (Å²) < 4.78 is 9.81. The number of primary amides is 1. The number of carbonyl (C=O) groups is 5. The van der Waals surface area contributed by atoms with Crippen LogP contribution in [-0.4, -0.2) is 60.1 Å². The largest absolute Gasteiger partial charge is 0.466 e. The quantitative estimate of drug-likeness (QED) is 0.282. The minimum Gasteiger partial charge on any atom is -0.466 e. The van der Waals surface area contributed by atoms with Crippen molar-refractivity contribution in [1.29, 1.82) is 0 Å². The minimum absolute atomic E-state index is 0.0283. The highest BCUT2D eigenvalue weighted by Crippen LogP contribution is 2.20. The Kier molecular flexibility index (Phi) is 11.2. The molecule has 4 atom stereocenters. The van der Waals surface area contributed by atoms with Gasteiger partial charge in [-0.15, -0.1) is 0 Å². The molecule has 0 aliphatic carbocycles. The fourth-order valence-electron chi connectivity index (χ4n) is 3.57. The number of amides is 3. The first-order chi connectivity index (χ1) is 17.7. The van der Waals surface area contributed by atoms with Crippen LogP contribution >= 0.6 is 0 Å². The normalized spacial score (nSPS) is 13.8. The maximum absolute atomic E-state index is 13.1. The molecule has 37 heavy (non-hydrogen) atoms. The van der Waals surface area contributed by atoms with Crippen LogP contribution in [0.5, 0.6) is 0 Å². The molecular weight excluding hydrogens is 482 g/mol. The van der Waals surface area contributed by atoms with Gasteiger partial charge in [-0.3, -0.25) is 24.0 Å². The van der Waals surface area contributed by atoms with E-state index >= 15 is 0 Å². The van der Waals surface area contributed by atoms with Crippen LogP contribution in [0.25, 0.3) is 0 Å². The van der Waals surface area contributed by atoms with E-state index in [1.165, 1.54) is 6.92 Å². The molecule has 0 saturated heterocycles. The van der Waals surface area contributed by atoms with Crippen LogP contribution in [0.15, 0.2) is 60.7 Å². The van der Waals surface area contributed by atoms with E-state index in [0.29, 0.717) is 11.1 Å². The van der Waals surface area contributed by atoms with Crippen LogP contribution in [0.2, 0.25) is 0 Å². The lowest BCUT2D eigenvalue weighted by Crippen LogP contribution is -2.56. The van der Waals surface area contributed by atoms with E-state index in [9.17, 15) is 29.1 Å². The molecule has 0 saturated carbocycles. The van der Waals surface area contributed by atoms with E-state index < -0.39 is 60.2 Å². The summed E-state index contributed by atoms with van der Waals surface area (Å²) in [5.41, 5.74) is 6.14. The lowest BCUT2D eigenvalue weighted by Gasteiger charge is -2.28. The fraction of sp³-hybridized carbons (Fsp3) is 0.346. The molecule has 0 aromatic heterocycles. The first-order valence-electron chi connectivity index (χ1n) is 11.7. The van der Waals surface area contributed by atoms with Gasteiger partial charge < -0.3 is 30.9 Å². The van der Waals surface area contributed by atoms with Gasteiger partial charge in [0, 0.05) is 5.56 Å². The first kappa shape index (κ1) is 29.0. The lowest BCUT2D eigenvalue weighted by atomic mass is 9.94. The standard InChI is InChI=1S/C26H31N3O8/c1-3-36-19(30)15-18(26(35)37-4-2)21(23(27)32)29-25(34)22(31)20(16-11-7-5-8-12-16)28-24(33)17-13-9-6-10-14-17/h5-14,18,20-22,31H,3-4,15H2,1-2H3,(H2,27,32)(H,28,33)(H,29,34)/t18-,20-,21-,22+/m0/s1. The molecule has 0 aliphatic rings. The number of rotatable bonds is 13. The highest BCUT2D eigenvalue weighted by atomic mass is 16.5. The van der Waals surface area contributed by atoms with Crippen molar-refractivity contribution >= 4 is 29.7 Å². The number of ether oxygens (including phenoxy) is 2. The Morgan fingerprint density at radius 1 is 0.865 bits per heavy atom. The number of hydrogen-bond donors (Lipinski definition) is 4. The van der Waals surface area contributed by atoms with Gasteiger partial charge in [0.25, 0.3) is 11.8 Å². The van der Waals surface area contributed by atoms with Gasteiger partial charge in [0.2, 0.25) is 5.91 Å². The summed E-state index contributed by atoms with van der Waals surface area (Å²) in [6.45, 7) is 3.07. The molecule has 0 heterocycles. The molecule has 3 amide bonds. The molecular formula is C26H31N3O8. The summed E-state index contributed by atoms with van der Waals surface area (Å²) in [5.74, 6) is -6.05. The van der Waals surface area contributed by atoms with Crippen LogP contribution in [0.4, 0.5) is 0 Å². The third-order valence-electron chi connectivity index (χ3n) is 5.35. The van der Waals surface area contributed by atoms with Gasteiger partial charge in [0.05, 0.1) is 31.6 Å². The fourth-order valence-corrected chi connectivity index (χ4v) is 3.57. The van der Waals surface area contributed by atoms with Crippen molar-refractivity contribution in [1.82, 2.24) is 10.6 Å². The highest BCUT2D eigenvalue weighted by molar-refractivity contribution is 5.96. The van der Waals surface area contributed by atoms with E-state index in [4.69, 9.17) is 15.2 Å². The smallest absolute Gasteiger partial charge is 0.312 e. The van der Waals surface area contributed by atoms with Gasteiger partial charge in [-0.1, -0.05) is 48.5 Å². The Hall–Kier alpha value is -4.25. The number of carbonyl (C=O) groups excluding carboxylic acids is 5. The Bertz CT molecular complexity index is 1080. The van der Waals surface area contributed by atoms with Gasteiger partial charge >= 0.3 is 11.9 Å². The van der Waals surface area contributed by atoms with E-state index in [0.717, 1.165) is 0 Å². The van der Waals surface area contributed by atoms with Crippen molar-refractivity contribution in [2.75, 3.05) is 13.2 Å². The molecule has 2 aromatic carbocycles. The Labute approximate surface area is 214 Å². The van der Waals surface area contributed by atoms with Gasteiger partial charge in [-0.25, -0.2) is 0 Å². The predicted molar refractivity (Wildman–Crippen MR) is 132 cm³/mol. The molecule has 198 valence electrons. The van der Waals surface area contributed by atoms with Gasteiger partial charge in [0.1, 0.15) is 6.04 Å². The van der Waals surface area contributed by atoms with Crippen molar-refractivity contribution < 1.29 is 38.6 Å². The average Bonchev–Trinajstić information content (AvgIpc) is 2.89. The molecule has 2 rings (SSSR count). The predicted octanol–water partition coefficient (Wildman–Crippen LogP) is 0.621. The molecule has 0 fully saturated rings. The minimum atomic E-state index is -1.90. The summed E-state index contributed by atoms with van der Waals surface area (Å²) in [7, 11) is 0. The third-order valence-corrected chi connectivity index (χ3v) is 5.35. The number of benzene rings is 2. The average molecular weight is 514 g/mol. The lowest BCUT2D eigenvalue weighted by molar-refractivity contribution is -0.157. The van der Waals surface area contributed by atoms with E-state index in [2.05, 4.69) is 10.6 Å². The second-order valence-electron chi connectivity index (χ2n) is 7.93. The van der Waals surface area contributed by atoms with Crippen LogP contribution in [0, 0.1) is 5.92 Å². The van der Waals surface area contributed by atoms with E-state index in [-0.39, 0.29) is 13.2 Å². The molecule has 5 N–H and O–H groups in total. The van der Waals surface area contributed by atoms with Crippen molar-refractivity contribution in [3.63, 3.8) is 0 Å². The molecule has 0 unspecified atom stereocenters. The van der Waals surface area contributed by atoms with E-state index in [1.807, 2.05) is 0 Å². The molecule has 0 aliphatic heterocycles. The zero-order chi connectivity index (χ0) is 27.4. The number of aliphatic hydroxyl groups is 1. The number of nitrogens with one attached hydrogen (secondary N) is 2. The van der Waals surface area contributed by atoms with Crippen molar-refractivity contribution in [3.05, 3.63) is 71.8 Å². The Morgan fingerprint density at radius 2 is 1.43 bits per heavy atom. The van der Waals surface area contributed by atoms with Gasteiger partial charge in [-0.2, -0.15) is 0 Å². The SMILES string of the molecule is CCOC(=O)C[C@H](C(=O)OCC)[C@H](NC(=O)[C@H](O)[C@@H](NC(=O)c1ccccc1)c1ccccc1)C(N)=O. The Morgan fingerprint density at radius 3 is 1.97 bits per heavy atom. The first-order valence-corrected chi connectivity index (χ1v) is 11.7. The zero-order valence-electron chi connectivity index (χ0n) is 20.6. The number of aliphatic hydroxyl groups excluding tert-OH is 1. The van der Waals surface area contributed by atoms with Crippen LogP contribution < -0.4 is 16.4 Å².